The largest absolute Gasteiger partial charge is 0.465 e. The van der Waals surface area contributed by atoms with Gasteiger partial charge >= 0.3 is 24.4 Å². The molecule has 1 amide bonds. The Kier molecular flexibility index (Phi) is 5.52. The number of hydrogen-bond acceptors (Lipinski definition) is 3. The van der Waals surface area contributed by atoms with Gasteiger partial charge in [0.1, 0.15) is 0 Å². The highest BCUT2D eigenvalue weighted by Crippen LogP contribution is 2.40. The van der Waals surface area contributed by atoms with Crippen LogP contribution in [0.1, 0.15) is 6.92 Å². The Labute approximate surface area is 110 Å². The predicted octanol–water partition coefficient (Wildman–Crippen LogP) is 2.09. The lowest BCUT2D eigenvalue weighted by molar-refractivity contribution is -0.376. The fraction of sp³-hybridized carbons (Fsp3) is 0.875. The van der Waals surface area contributed by atoms with E-state index in [4.69, 9.17) is 5.11 Å². The van der Waals surface area contributed by atoms with E-state index in [-0.39, 0.29) is 5.32 Å². The lowest BCUT2D eigenvalue weighted by Gasteiger charge is -2.32. The SMILES string of the molecule is CCOC(O)(NC(=O)C(C(F)(F)F)C(F)(F)F)C(F)(F)F. The minimum atomic E-state index is -6.21. The van der Waals surface area contributed by atoms with Crippen LogP contribution in [0.5, 0.6) is 0 Å². The zero-order valence-electron chi connectivity index (χ0n) is 9.95. The van der Waals surface area contributed by atoms with E-state index in [1.54, 1.807) is 0 Å². The molecular weight excluding hydrogens is 329 g/mol. The van der Waals surface area contributed by atoms with Crippen molar-refractivity contribution in [3.05, 3.63) is 0 Å². The molecule has 13 heteroatoms. The molecule has 0 aromatic rings. The maximum atomic E-state index is 12.4. The van der Waals surface area contributed by atoms with Crippen molar-refractivity contribution in [3.8, 4) is 0 Å². The molecule has 21 heavy (non-hydrogen) atoms. The van der Waals surface area contributed by atoms with Gasteiger partial charge in [0.15, 0.2) is 0 Å². The van der Waals surface area contributed by atoms with E-state index in [2.05, 4.69) is 4.74 Å². The first-order valence-electron chi connectivity index (χ1n) is 4.94. The summed E-state index contributed by atoms with van der Waals surface area (Å²) in [7, 11) is 0. The highest BCUT2D eigenvalue weighted by Gasteiger charge is 2.65. The second-order valence-electron chi connectivity index (χ2n) is 3.58. The van der Waals surface area contributed by atoms with Crippen LogP contribution in [0, 0.1) is 5.92 Å². The number of carbonyl (C=O) groups is 1. The number of amides is 1. The van der Waals surface area contributed by atoms with Gasteiger partial charge in [-0.3, -0.25) is 10.1 Å². The molecule has 0 spiro atoms. The molecule has 0 aromatic carbocycles. The van der Waals surface area contributed by atoms with Gasteiger partial charge in [-0.25, -0.2) is 0 Å². The van der Waals surface area contributed by atoms with Gasteiger partial charge in [0.2, 0.25) is 11.8 Å². The van der Waals surface area contributed by atoms with Crippen LogP contribution in [0.4, 0.5) is 39.5 Å². The first kappa shape index (κ1) is 19.8. The molecule has 4 nitrogen and oxygen atoms in total. The molecule has 0 saturated heterocycles. The summed E-state index contributed by atoms with van der Waals surface area (Å²) in [6.45, 7) is -0.104. The second-order valence-corrected chi connectivity index (χ2v) is 3.58. The molecule has 126 valence electrons. The lowest BCUT2D eigenvalue weighted by Crippen LogP contribution is -2.64. The van der Waals surface area contributed by atoms with Crippen LogP contribution in [-0.2, 0) is 9.53 Å². The summed E-state index contributed by atoms with van der Waals surface area (Å²) in [4.78, 5) is 10.9. The van der Waals surface area contributed by atoms with Crippen LogP contribution >= 0.6 is 0 Å². The van der Waals surface area contributed by atoms with Crippen molar-refractivity contribution in [3.63, 3.8) is 0 Å². The van der Waals surface area contributed by atoms with E-state index in [0.717, 1.165) is 6.92 Å². The first-order chi connectivity index (χ1) is 9.06. The average Bonchev–Trinajstić information content (AvgIpc) is 2.09. The summed E-state index contributed by atoms with van der Waals surface area (Å²) in [6, 6.07) is 0. The van der Waals surface area contributed by atoms with E-state index in [1.807, 2.05) is 0 Å². The zero-order valence-corrected chi connectivity index (χ0v) is 9.95. The lowest BCUT2D eigenvalue weighted by atomic mass is 10.1. The third-order valence-electron chi connectivity index (χ3n) is 1.95. The number of ether oxygens (including phenoxy) is 1. The van der Waals surface area contributed by atoms with Gasteiger partial charge in [0.05, 0.1) is 0 Å². The summed E-state index contributed by atoms with van der Waals surface area (Å²) < 4.78 is 114. The molecule has 0 aliphatic heterocycles. The van der Waals surface area contributed by atoms with Crippen LogP contribution in [-0.4, -0.2) is 42.1 Å². The van der Waals surface area contributed by atoms with Crippen LogP contribution in [0.15, 0.2) is 0 Å². The van der Waals surface area contributed by atoms with E-state index in [0.29, 0.717) is 0 Å². The Morgan fingerprint density at radius 3 is 1.67 bits per heavy atom. The molecule has 0 aromatic heterocycles. The van der Waals surface area contributed by atoms with Crippen molar-refractivity contribution < 1.29 is 54.2 Å². The smallest absolute Gasteiger partial charge is 0.342 e. The zero-order chi connectivity index (χ0) is 17.3. The van der Waals surface area contributed by atoms with Crippen molar-refractivity contribution in [1.82, 2.24) is 5.32 Å². The summed E-state index contributed by atoms with van der Waals surface area (Å²) in [6.07, 6.45) is -18.3. The molecule has 0 saturated carbocycles. The molecule has 0 aliphatic carbocycles. The Bertz CT molecular complexity index is 361. The summed E-state index contributed by atoms with van der Waals surface area (Å²) in [5.41, 5.74) is 0. The molecule has 2 N–H and O–H groups in total. The average molecular weight is 337 g/mol. The van der Waals surface area contributed by atoms with Crippen molar-refractivity contribution in [2.45, 2.75) is 31.4 Å². The standard InChI is InChI=1S/C8H8F9NO3/c1-2-21-8(20,7(15,16)17)18-4(19)3(5(9,10)11)6(12,13)14/h3,20H,2H2,1H3,(H,18,19). The Morgan fingerprint density at radius 1 is 1.05 bits per heavy atom. The third-order valence-corrected chi connectivity index (χ3v) is 1.95. The summed E-state index contributed by atoms with van der Waals surface area (Å²) in [5, 5.41) is 9.06. The molecular formula is C8H8F9NO3. The van der Waals surface area contributed by atoms with E-state index >= 15 is 0 Å². The van der Waals surface area contributed by atoms with Crippen LogP contribution < -0.4 is 5.32 Å². The normalized spacial score (nSPS) is 16.8. The second kappa shape index (κ2) is 5.87. The maximum Gasteiger partial charge on any atom is 0.465 e. The van der Waals surface area contributed by atoms with Gasteiger partial charge in [-0.05, 0) is 6.92 Å². The van der Waals surface area contributed by atoms with Crippen molar-refractivity contribution in [2.24, 2.45) is 5.92 Å². The fourth-order valence-electron chi connectivity index (χ4n) is 1.12. The van der Waals surface area contributed by atoms with Crippen molar-refractivity contribution in [1.29, 1.82) is 0 Å². The quantitative estimate of drug-likeness (QED) is 0.610. The number of hydrogen-bond donors (Lipinski definition) is 2. The molecule has 1 unspecified atom stereocenters. The monoisotopic (exact) mass is 337 g/mol. The topological polar surface area (TPSA) is 58.6 Å². The van der Waals surface area contributed by atoms with Crippen molar-refractivity contribution >= 4 is 5.91 Å². The summed E-state index contributed by atoms with van der Waals surface area (Å²) >= 11 is 0. The fourth-order valence-corrected chi connectivity index (χ4v) is 1.12. The molecule has 0 aliphatic rings. The molecule has 0 bridgehead atoms. The Balaban J connectivity index is 5.49. The highest BCUT2D eigenvalue weighted by molar-refractivity contribution is 5.80. The Morgan fingerprint density at radius 2 is 1.43 bits per heavy atom. The highest BCUT2D eigenvalue weighted by atomic mass is 19.4. The maximum absolute atomic E-state index is 12.4. The minimum Gasteiger partial charge on any atom is -0.342 e. The van der Waals surface area contributed by atoms with Gasteiger partial charge in [0.25, 0.3) is 0 Å². The number of carbonyl (C=O) groups excluding carboxylic acids is 1. The Hall–Kier alpha value is -1.24. The summed E-state index contributed by atoms with van der Waals surface area (Å²) in [5.74, 6) is -12.6. The van der Waals surface area contributed by atoms with Crippen LogP contribution in [0.25, 0.3) is 0 Å². The predicted molar refractivity (Wildman–Crippen MR) is 46.4 cm³/mol. The van der Waals surface area contributed by atoms with E-state index < -0.39 is 42.9 Å². The van der Waals surface area contributed by atoms with E-state index in [1.165, 1.54) is 0 Å². The van der Waals surface area contributed by atoms with Gasteiger partial charge in [-0.2, -0.15) is 39.5 Å². The first-order valence-corrected chi connectivity index (χ1v) is 4.94. The van der Waals surface area contributed by atoms with Gasteiger partial charge in [-0.15, -0.1) is 0 Å². The van der Waals surface area contributed by atoms with Crippen molar-refractivity contribution in [2.75, 3.05) is 6.61 Å². The number of rotatable bonds is 4. The minimum absolute atomic E-state index is 0.177. The number of nitrogens with one attached hydrogen (secondary N) is 1. The molecule has 0 rings (SSSR count). The number of halogens is 9. The van der Waals surface area contributed by atoms with Gasteiger partial charge in [-0.1, -0.05) is 0 Å². The van der Waals surface area contributed by atoms with Gasteiger partial charge < -0.3 is 9.84 Å². The number of alkyl halides is 9. The van der Waals surface area contributed by atoms with Gasteiger partial charge in [0, 0.05) is 6.61 Å². The van der Waals surface area contributed by atoms with Crippen LogP contribution in [0.2, 0.25) is 0 Å². The molecule has 0 fully saturated rings. The molecule has 0 heterocycles. The molecule has 1 atom stereocenters. The molecule has 0 radical (unpaired) electrons. The van der Waals surface area contributed by atoms with E-state index in [9.17, 15) is 44.3 Å². The van der Waals surface area contributed by atoms with Crippen LogP contribution in [0.3, 0.4) is 0 Å². The third kappa shape index (κ3) is 4.91. The number of aliphatic hydroxyl groups is 1.